The Morgan fingerprint density at radius 1 is 1.38 bits per heavy atom. The lowest BCUT2D eigenvalue weighted by atomic mass is 9.93. The van der Waals surface area contributed by atoms with Gasteiger partial charge in [-0.1, -0.05) is 11.6 Å². The SMILES string of the molecule is CNCCC1CCN(Cc2cc(Cl)cc(OC)c2O)CC1. The Bertz CT molecular complexity index is 460. The molecule has 0 amide bonds. The summed E-state index contributed by atoms with van der Waals surface area (Å²) < 4.78 is 5.16. The molecule has 0 aromatic heterocycles. The van der Waals surface area contributed by atoms with Gasteiger partial charge in [-0.2, -0.15) is 0 Å². The molecule has 0 bridgehead atoms. The van der Waals surface area contributed by atoms with Gasteiger partial charge in [0.25, 0.3) is 0 Å². The third-order valence-corrected chi connectivity index (χ3v) is 4.46. The zero-order valence-corrected chi connectivity index (χ0v) is 13.6. The van der Waals surface area contributed by atoms with Crippen LogP contribution in [-0.2, 0) is 6.54 Å². The Kier molecular flexibility index (Phi) is 6.15. The fourth-order valence-corrected chi connectivity index (χ4v) is 3.16. The second kappa shape index (κ2) is 7.87. The standard InChI is InChI=1S/C16H25ClN2O2/c1-18-6-3-12-4-7-19(8-5-12)11-13-9-14(17)10-15(21-2)16(13)20/h9-10,12,18,20H,3-8,11H2,1-2H3. The van der Waals surface area contributed by atoms with Crippen molar-refractivity contribution in [2.24, 2.45) is 5.92 Å². The van der Waals surface area contributed by atoms with Crippen molar-refractivity contribution in [2.75, 3.05) is 33.8 Å². The van der Waals surface area contributed by atoms with E-state index in [9.17, 15) is 5.11 Å². The molecule has 0 spiro atoms. The van der Waals surface area contributed by atoms with Crippen LogP contribution < -0.4 is 10.1 Å². The lowest BCUT2D eigenvalue weighted by Crippen LogP contribution is -2.34. The minimum absolute atomic E-state index is 0.208. The summed E-state index contributed by atoms with van der Waals surface area (Å²) >= 11 is 6.08. The fraction of sp³-hybridized carbons (Fsp3) is 0.625. The molecule has 0 atom stereocenters. The molecule has 1 aromatic rings. The second-order valence-corrected chi connectivity index (χ2v) is 6.16. The Balaban J connectivity index is 1.93. The van der Waals surface area contributed by atoms with E-state index in [1.165, 1.54) is 19.3 Å². The molecule has 1 heterocycles. The number of phenols is 1. The summed E-state index contributed by atoms with van der Waals surface area (Å²) in [5.74, 6) is 1.47. The summed E-state index contributed by atoms with van der Waals surface area (Å²) in [5.41, 5.74) is 0.841. The van der Waals surface area contributed by atoms with Gasteiger partial charge >= 0.3 is 0 Å². The summed E-state index contributed by atoms with van der Waals surface area (Å²) in [4.78, 5) is 2.38. The third kappa shape index (κ3) is 4.50. The first kappa shape index (κ1) is 16.4. The normalized spacial score (nSPS) is 17.1. The zero-order chi connectivity index (χ0) is 15.2. The predicted octanol–water partition coefficient (Wildman–Crippen LogP) is 2.88. The van der Waals surface area contributed by atoms with Crippen molar-refractivity contribution in [2.45, 2.75) is 25.8 Å². The van der Waals surface area contributed by atoms with Gasteiger partial charge in [0.2, 0.25) is 0 Å². The molecule has 4 nitrogen and oxygen atoms in total. The molecule has 1 aliphatic rings. The van der Waals surface area contributed by atoms with Gasteiger partial charge in [-0.15, -0.1) is 0 Å². The van der Waals surface area contributed by atoms with E-state index in [4.69, 9.17) is 16.3 Å². The van der Waals surface area contributed by atoms with E-state index in [1.54, 1.807) is 13.2 Å². The highest BCUT2D eigenvalue weighted by atomic mass is 35.5. The van der Waals surface area contributed by atoms with Crippen LogP contribution in [0.2, 0.25) is 5.02 Å². The Hall–Kier alpha value is -0.970. The molecule has 1 saturated heterocycles. The number of methoxy groups -OCH3 is 1. The van der Waals surface area contributed by atoms with Gasteiger partial charge in [0.1, 0.15) is 0 Å². The summed E-state index contributed by atoms with van der Waals surface area (Å²) in [6.45, 7) is 3.96. The topological polar surface area (TPSA) is 44.7 Å². The minimum atomic E-state index is 0.208. The molecule has 2 rings (SSSR count). The Morgan fingerprint density at radius 3 is 2.71 bits per heavy atom. The van der Waals surface area contributed by atoms with Crippen molar-refractivity contribution in [3.8, 4) is 11.5 Å². The largest absolute Gasteiger partial charge is 0.504 e. The first-order valence-electron chi connectivity index (χ1n) is 7.56. The van der Waals surface area contributed by atoms with Crippen LogP contribution in [0.4, 0.5) is 0 Å². The highest BCUT2D eigenvalue weighted by Gasteiger charge is 2.20. The van der Waals surface area contributed by atoms with Gasteiger partial charge in [0.05, 0.1) is 7.11 Å². The first-order valence-corrected chi connectivity index (χ1v) is 7.94. The number of nitrogens with one attached hydrogen (secondary N) is 1. The predicted molar refractivity (Wildman–Crippen MR) is 86.2 cm³/mol. The summed E-state index contributed by atoms with van der Waals surface area (Å²) in [6, 6.07) is 3.47. The van der Waals surface area contributed by atoms with Gasteiger partial charge in [-0.25, -0.2) is 0 Å². The van der Waals surface area contributed by atoms with Crippen molar-refractivity contribution < 1.29 is 9.84 Å². The van der Waals surface area contributed by atoms with E-state index in [1.807, 2.05) is 13.1 Å². The Morgan fingerprint density at radius 2 is 2.10 bits per heavy atom. The number of benzene rings is 1. The highest BCUT2D eigenvalue weighted by Crippen LogP contribution is 2.34. The number of piperidine rings is 1. The fourth-order valence-electron chi connectivity index (χ4n) is 2.93. The molecule has 0 saturated carbocycles. The monoisotopic (exact) mass is 312 g/mol. The maximum atomic E-state index is 10.2. The third-order valence-electron chi connectivity index (χ3n) is 4.24. The number of hydrogen-bond donors (Lipinski definition) is 2. The molecule has 0 unspecified atom stereocenters. The quantitative estimate of drug-likeness (QED) is 0.848. The molecule has 5 heteroatoms. The second-order valence-electron chi connectivity index (χ2n) is 5.73. The lowest BCUT2D eigenvalue weighted by Gasteiger charge is -2.32. The number of phenolic OH excluding ortho intramolecular Hbond substituents is 1. The molecule has 2 N–H and O–H groups in total. The van der Waals surface area contributed by atoms with Crippen LogP contribution in [0.3, 0.4) is 0 Å². The minimum Gasteiger partial charge on any atom is -0.504 e. The molecule has 21 heavy (non-hydrogen) atoms. The summed E-state index contributed by atoms with van der Waals surface area (Å²) in [6.07, 6.45) is 3.70. The maximum absolute atomic E-state index is 10.2. The van der Waals surface area contributed by atoms with Crippen molar-refractivity contribution >= 4 is 11.6 Å². The van der Waals surface area contributed by atoms with E-state index < -0.39 is 0 Å². The van der Waals surface area contributed by atoms with E-state index in [-0.39, 0.29) is 5.75 Å². The van der Waals surface area contributed by atoms with Gasteiger partial charge in [0.15, 0.2) is 11.5 Å². The highest BCUT2D eigenvalue weighted by molar-refractivity contribution is 6.30. The molecule has 0 aliphatic carbocycles. The Labute approximate surface area is 132 Å². The summed E-state index contributed by atoms with van der Waals surface area (Å²) in [7, 11) is 3.55. The van der Waals surface area contributed by atoms with Crippen molar-refractivity contribution in [1.29, 1.82) is 0 Å². The van der Waals surface area contributed by atoms with Gasteiger partial charge in [-0.3, -0.25) is 4.90 Å². The van der Waals surface area contributed by atoms with Crippen LogP contribution in [0.15, 0.2) is 12.1 Å². The number of halogens is 1. The molecule has 1 fully saturated rings. The first-order chi connectivity index (χ1) is 10.1. The van der Waals surface area contributed by atoms with Crippen molar-refractivity contribution in [3.05, 3.63) is 22.7 Å². The van der Waals surface area contributed by atoms with E-state index in [2.05, 4.69) is 10.2 Å². The van der Waals surface area contributed by atoms with Crippen molar-refractivity contribution in [3.63, 3.8) is 0 Å². The summed E-state index contributed by atoms with van der Waals surface area (Å²) in [5, 5.41) is 14.0. The average molecular weight is 313 g/mol. The van der Waals surface area contributed by atoms with Gasteiger partial charge in [-0.05, 0) is 57.9 Å². The molecular weight excluding hydrogens is 288 g/mol. The van der Waals surface area contributed by atoms with Crippen LogP contribution in [-0.4, -0.2) is 43.8 Å². The van der Waals surface area contributed by atoms with E-state index in [0.717, 1.165) is 37.7 Å². The van der Waals surface area contributed by atoms with E-state index >= 15 is 0 Å². The molecule has 118 valence electrons. The number of nitrogens with zero attached hydrogens (tertiary/aromatic N) is 1. The number of hydrogen-bond acceptors (Lipinski definition) is 4. The molecule has 1 aliphatic heterocycles. The van der Waals surface area contributed by atoms with Crippen LogP contribution >= 0.6 is 11.6 Å². The van der Waals surface area contributed by atoms with Crippen LogP contribution in [0.1, 0.15) is 24.8 Å². The van der Waals surface area contributed by atoms with Gasteiger partial charge < -0.3 is 15.2 Å². The lowest BCUT2D eigenvalue weighted by molar-refractivity contribution is 0.170. The molecule has 0 radical (unpaired) electrons. The smallest absolute Gasteiger partial charge is 0.162 e. The van der Waals surface area contributed by atoms with Gasteiger partial charge in [0, 0.05) is 23.2 Å². The number of rotatable bonds is 6. The average Bonchev–Trinajstić information content (AvgIpc) is 2.49. The van der Waals surface area contributed by atoms with Crippen LogP contribution in [0.5, 0.6) is 11.5 Å². The van der Waals surface area contributed by atoms with Crippen LogP contribution in [0.25, 0.3) is 0 Å². The van der Waals surface area contributed by atoms with Crippen LogP contribution in [0, 0.1) is 5.92 Å². The maximum Gasteiger partial charge on any atom is 0.162 e. The molecular formula is C16H25ClN2O2. The number of ether oxygens (including phenoxy) is 1. The van der Waals surface area contributed by atoms with Crippen molar-refractivity contribution in [1.82, 2.24) is 10.2 Å². The molecule has 1 aromatic carbocycles. The number of aromatic hydroxyl groups is 1. The number of likely N-dealkylation sites (tertiary alicyclic amines) is 1. The van der Waals surface area contributed by atoms with E-state index in [0.29, 0.717) is 10.8 Å². The zero-order valence-electron chi connectivity index (χ0n) is 12.9.